The molecule has 5 nitrogen and oxygen atoms in total. The maximum atomic E-state index is 12.2. The second kappa shape index (κ2) is 7.83. The number of nitrogens with zero attached hydrogens (tertiary/aromatic N) is 1. The molecular weight excluding hydrogens is 314 g/mol. The van der Waals surface area contributed by atoms with Crippen LogP contribution in [0.1, 0.15) is 17.5 Å². The largest absolute Gasteiger partial charge is 0.338 e. The molecule has 5 heteroatoms. The summed E-state index contributed by atoms with van der Waals surface area (Å²) >= 11 is 0. The molecule has 1 atom stereocenters. The number of anilines is 1. The van der Waals surface area contributed by atoms with Gasteiger partial charge in [-0.25, -0.2) is 4.79 Å². The van der Waals surface area contributed by atoms with Crippen molar-refractivity contribution in [2.45, 2.75) is 19.9 Å². The second-order valence-electron chi connectivity index (χ2n) is 6.53. The molecule has 2 aromatic carbocycles. The van der Waals surface area contributed by atoms with Gasteiger partial charge in [-0.1, -0.05) is 42.5 Å². The first kappa shape index (κ1) is 17.0. The van der Waals surface area contributed by atoms with E-state index in [4.69, 9.17) is 0 Å². The van der Waals surface area contributed by atoms with E-state index in [2.05, 4.69) is 10.6 Å². The Morgan fingerprint density at radius 1 is 1.16 bits per heavy atom. The van der Waals surface area contributed by atoms with Crippen molar-refractivity contribution in [2.24, 2.45) is 5.92 Å². The molecule has 0 radical (unpaired) electrons. The molecule has 1 aliphatic heterocycles. The SMILES string of the molecule is Cc1cccc(NC(=O)NCC2CC(=O)N(Cc3ccccc3)C2)c1. The van der Waals surface area contributed by atoms with Crippen LogP contribution < -0.4 is 10.6 Å². The van der Waals surface area contributed by atoms with Gasteiger partial charge in [0, 0.05) is 37.7 Å². The monoisotopic (exact) mass is 337 g/mol. The minimum absolute atomic E-state index is 0.148. The predicted octanol–water partition coefficient (Wildman–Crippen LogP) is 3.17. The molecule has 0 saturated carbocycles. The van der Waals surface area contributed by atoms with Crippen molar-refractivity contribution in [1.82, 2.24) is 10.2 Å². The van der Waals surface area contributed by atoms with Crippen LogP contribution in [0.2, 0.25) is 0 Å². The van der Waals surface area contributed by atoms with Gasteiger partial charge in [0.25, 0.3) is 0 Å². The number of carbonyl (C=O) groups excluding carboxylic acids is 2. The zero-order valence-corrected chi connectivity index (χ0v) is 14.4. The molecule has 3 rings (SSSR count). The first-order valence-electron chi connectivity index (χ1n) is 8.53. The third-order valence-corrected chi connectivity index (χ3v) is 4.34. The first-order valence-corrected chi connectivity index (χ1v) is 8.53. The van der Waals surface area contributed by atoms with E-state index in [-0.39, 0.29) is 17.9 Å². The van der Waals surface area contributed by atoms with E-state index < -0.39 is 0 Å². The number of amides is 3. The molecule has 0 aliphatic carbocycles. The third-order valence-electron chi connectivity index (χ3n) is 4.34. The van der Waals surface area contributed by atoms with Gasteiger partial charge in [0.1, 0.15) is 0 Å². The molecule has 1 saturated heterocycles. The average molecular weight is 337 g/mol. The van der Waals surface area contributed by atoms with Crippen LogP contribution in [0.25, 0.3) is 0 Å². The van der Waals surface area contributed by atoms with Crippen LogP contribution in [0.3, 0.4) is 0 Å². The van der Waals surface area contributed by atoms with Crippen molar-refractivity contribution < 1.29 is 9.59 Å². The number of hydrogen-bond donors (Lipinski definition) is 2. The molecule has 0 aromatic heterocycles. The van der Waals surface area contributed by atoms with Crippen LogP contribution in [0, 0.1) is 12.8 Å². The quantitative estimate of drug-likeness (QED) is 0.880. The van der Waals surface area contributed by atoms with Crippen molar-refractivity contribution in [2.75, 3.05) is 18.4 Å². The lowest BCUT2D eigenvalue weighted by Gasteiger charge is -2.17. The summed E-state index contributed by atoms with van der Waals surface area (Å²) in [6, 6.07) is 17.4. The predicted molar refractivity (Wildman–Crippen MR) is 98.2 cm³/mol. The molecule has 130 valence electrons. The van der Waals surface area contributed by atoms with Crippen LogP contribution in [-0.4, -0.2) is 29.9 Å². The highest BCUT2D eigenvalue weighted by molar-refractivity contribution is 5.89. The molecule has 0 bridgehead atoms. The Morgan fingerprint density at radius 2 is 1.96 bits per heavy atom. The number of urea groups is 1. The first-order chi connectivity index (χ1) is 12.1. The number of rotatable bonds is 5. The molecule has 0 spiro atoms. The van der Waals surface area contributed by atoms with E-state index in [1.165, 1.54) is 0 Å². The molecule has 3 amide bonds. The van der Waals surface area contributed by atoms with Gasteiger partial charge >= 0.3 is 6.03 Å². The van der Waals surface area contributed by atoms with E-state index in [1.54, 1.807) is 0 Å². The summed E-state index contributed by atoms with van der Waals surface area (Å²) in [5.41, 5.74) is 2.99. The second-order valence-corrected chi connectivity index (χ2v) is 6.53. The lowest BCUT2D eigenvalue weighted by molar-refractivity contribution is -0.128. The van der Waals surface area contributed by atoms with Crippen molar-refractivity contribution in [3.05, 3.63) is 65.7 Å². The highest BCUT2D eigenvalue weighted by Crippen LogP contribution is 2.19. The van der Waals surface area contributed by atoms with Gasteiger partial charge in [-0.2, -0.15) is 0 Å². The number of likely N-dealkylation sites (tertiary alicyclic amines) is 1. The maximum Gasteiger partial charge on any atom is 0.319 e. The fraction of sp³-hybridized carbons (Fsp3) is 0.300. The van der Waals surface area contributed by atoms with Gasteiger partial charge in [0.2, 0.25) is 5.91 Å². The average Bonchev–Trinajstić information content (AvgIpc) is 2.94. The van der Waals surface area contributed by atoms with E-state index in [0.717, 1.165) is 16.8 Å². The summed E-state index contributed by atoms with van der Waals surface area (Å²) in [6.07, 6.45) is 0.484. The van der Waals surface area contributed by atoms with Crippen molar-refractivity contribution >= 4 is 17.6 Å². The van der Waals surface area contributed by atoms with E-state index in [9.17, 15) is 9.59 Å². The van der Waals surface area contributed by atoms with Crippen LogP contribution in [0.4, 0.5) is 10.5 Å². The van der Waals surface area contributed by atoms with E-state index >= 15 is 0 Å². The maximum absolute atomic E-state index is 12.2. The minimum Gasteiger partial charge on any atom is -0.338 e. The summed E-state index contributed by atoms with van der Waals surface area (Å²) < 4.78 is 0. The molecule has 2 aromatic rings. The van der Waals surface area contributed by atoms with Crippen molar-refractivity contribution in [3.8, 4) is 0 Å². The highest BCUT2D eigenvalue weighted by atomic mass is 16.2. The fourth-order valence-electron chi connectivity index (χ4n) is 3.08. The number of aryl methyl sites for hydroxylation is 1. The van der Waals surface area contributed by atoms with Crippen LogP contribution in [-0.2, 0) is 11.3 Å². The summed E-state index contributed by atoms with van der Waals surface area (Å²) in [4.78, 5) is 26.0. The molecule has 2 N–H and O–H groups in total. The molecule has 25 heavy (non-hydrogen) atoms. The van der Waals surface area contributed by atoms with Crippen LogP contribution >= 0.6 is 0 Å². The minimum atomic E-state index is -0.237. The van der Waals surface area contributed by atoms with Crippen LogP contribution in [0.15, 0.2) is 54.6 Å². The summed E-state index contributed by atoms with van der Waals surface area (Å²) in [5.74, 6) is 0.300. The molecular formula is C20H23N3O2. The standard InChI is InChI=1S/C20H23N3O2/c1-15-6-5-9-18(10-15)22-20(25)21-12-17-11-19(24)23(14-17)13-16-7-3-2-4-8-16/h2-10,17H,11-14H2,1H3,(H2,21,22,25). The Labute approximate surface area is 148 Å². The lowest BCUT2D eigenvalue weighted by atomic mass is 10.1. The van der Waals surface area contributed by atoms with Gasteiger partial charge in [0.15, 0.2) is 0 Å². The van der Waals surface area contributed by atoms with E-state index in [1.807, 2.05) is 66.4 Å². The van der Waals surface area contributed by atoms with Gasteiger partial charge < -0.3 is 15.5 Å². The fourth-order valence-corrected chi connectivity index (χ4v) is 3.08. The van der Waals surface area contributed by atoms with Crippen molar-refractivity contribution in [3.63, 3.8) is 0 Å². The smallest absolute Gasteiger partial charge is 0.319 e. The molecule has 1 unspecified atom stereocenters. The topological polar surface area (TPSA) is 61.4 Å². The molecule has 1 aliphatic rings. The summed E-state index contributed by atoms with van der Waals surface area (Å²) in [6.45, 7) is 3.79. The number of carbonyl (C=O) groups is 2. The Kier molecular flexibility index (Phi) is 5.33. The Balaban J connectivity index is 1.46. The van der Waals surface area contributed by atoms with E-state index in [0.29, 0.717) is 26.1 Å². The Hall–Kier alpha value is -2.82. The zero-order chi connectivity index (χ0) is 17.6. The lowest BCUT2D eigenvalue weighted by Crippen LogP contribution is -2.34. The Morgan fingerprint density at radius 3 is 2.72 bits per heavy atom. The summed E-state index contributed by atoms with van der Waals surface area (Å²) in [7, 11) is 0. The summed E-state index contributed by atoms with van der Waals surface area (Å²) in [5, 5.41) is 5.69. The Bertz CT molecular complexity index is 746. The molecule has 1 fully saturated rings. The van der Waals surface area contributed by atoms with Crippen LogP contribution in [0.5, 0.6) is 0 Å². The van der Waals surface area contributed by atoms with Gasteiger partial charge in [-0.05, 0) is 30.2 Å². The van der Waals surface area contributed by atoms with Gasteiger partial charge in [-0.15, -0.1) is 0 Å². The zero-order valence-electron chi connectivity index (χ0n) is 14.4. The highest BCUT2D eigenvalue weighted by Gasteiger charge is 2.29. The van der Waals surface area contributed by atoms with Crippen molar-refractivity contribution in [1.29, 1.82) is 0 Å². The number of nitrogens with one attached hydrogen (secondary N) is 2. The normalized spacial score (nSPS) is 16.8. The number of benzene rings is 2. The van der Waals surface area contributed by atoms with Gasteiger partial charge in [0.05, 0.1) is 0 Å². The van der Waals surface area contributed by atoms with Gasteiger partial charge in [-0.3, -0.25) is 4.79 Å². The molecule has 1 heterocycles. The number of hydrogen-bond acceptors (Lipinski definition) is 2. The third kappa shape index (κ3) is 4.83.